The normalized spacial score (nSPS) is 28.6. The number of hydrogen-bond donors (Lipinski definition) is 0. The second-order valence-corrected chi connectivity index (χ2v) is 60.8. The van der Waals surface area contributed by atoms with E-state index in [2.05, 4.69) is 131 Å². The average Bonchev–Trinajstić information content (AvgIpc) is 3.83. The number of ether oxygens (including phenoxy) is 2. The first-order valence-corrected chi connectivity index (χ1v) is 50.8. The lowest BCUT2D eigenvalue weighted by Crippen LogP contribution is -2.63. The van der Waals surface area contributed by atoms with Gasteiger partial charge < -0.3 is 46.5 Å². The molecule has 4 fully saturated rings. The Labute approximate surface area is 360 Å². The van der Waals surface area contributed by atoms with Crippen molar-refractivity contribution >= 4 is 85.1 Å². The molecule has 57 heavy (non-hydrogen) atoms. The predicted octanol–water partition coefficient (Wildman–Crippen LogP) is 11.1. The first-order valence-electron chi connectivity index (χ1n) is 22.1. The zero-order valence-corrected chi connectivity index (χ0v) is 50.0. The van der Waals surface area contributed by atoms with Crippen molar-refractivity contribution in [3.05, 3.63) is 0 Å². The van der Waals surface area contributed by atoms with Crippen LogP contribution in [0, 0.1) is 11.8 Å². The molecule has 0 aromatic heterocycles. The van der Waals surface area contributed by atoms with Gasteiger partial charge in [0.05, 0.1) is 24.4 Å². The van der Waals surface area contributed by atoms with Crippen molar-refractivity contribution in [2.45, 2.75) is 219 Å². The molecule has 0 radical (unpaired) electrons. The third kappa shape index (κ3) is 18.8. The maximum absolute atomic E-state index is 7.58. The molecule has 2 aliphatic heterocycles. The van der Waals surface area contributed by atoms with E-state index in [9.17, 15) is 0 Å². The van der Waals surface area contributed by atoms with Crippen molar-refractivity contribution in [3.63, 3.8) is 0 Å². The molecule has 4 aliphatic rings. The number of epoxide rings is 2. The number of fused-ring (bicyclic) bond motifs is 2. The van der Waals surface area contributed by atoms with E-state index >= 15 is 0 Å². The Balaban J connectivity index is 1.45. The quantitative estimate of drug-likeness (QED) is 0.0681. The summed E-state index contributed by atoms with van der Waals surface area (Å²) in [6.45, 7) is 43.8. The lowest BCUT2D eigenvalue weighted by molar-refractivity contribution is 0.250. The summed E-state index contributed by atoms with van der Waals surface area (Å²) < 4.78 is 75.0. The highest BCUT2D eigenvalue weighted by atomic mass is 28.5. The van der Waals surface area contributed by atoms with Gasteiger partial charge in [0.25, 0.3) is 0 Å². The van der Waals surface area contributed by atoms with Gasteiger partial charge in [0.1, 0.15) is 0 Å². The Kier molecular flexibility index (Phi) is 16.5. The second-order valence-electron chi connectivity index (χ2n) is 22.7. The molecule has 0 amide bonds. The van der Waals surface area contributed by atoms with Gasteiger partial charge in [-0.05, 0) is 206 Å². The molecular formula is C36H86O11Si10. The Morgan fingerprint density at radius 1 is 0.333 bits per heavy atom. The fourth-order valence-corrected chi connectivity index (χ4v) is 60.5. The summed E-state index contributed by atoms with van der Waals surface area (Å²) >= 11 is 0. The van der Waals surface area contributed by atoms with E-state index in [1.807, 2.05) is 0 Å². The zero-order valence-electron chi connectivity index (χ0n) is 40.0. The molecule has 0 spiro atoms. The van der Waals surface area contributed by atoms with E-state index in [-0.39, 0.29) is 0 Å². The highest BCUT2D eigenvalue weighted by molar-refractivity contribution is 6.93. The number of hydrogen-bond acceptors (Lipinski definition) is 11. The Hall–Kier alpha value is 1.73. The van der Waals surface area contributed by atoms with Crippen LogP contribution in [0.2, 0.25) is 143 Å². The summed E-state index contributed by atoms with van der Waals surface area (Å²) in [6.07, 6.45) is 11.4. The third-order valence-electron chi connectivity index (χ3n) is 10.7. The second kappa shape index (κ2) is 18.3. The van der Waals surface area contributed by atoms with Gasteiger partial charge in [0.2, 0.25) is 0 Å². The monoisotopic (exact) mass is 974 g/mol. The van der Waals surface area contributed by atoms with Crippen molar-refractivity contribution in [1.29, 1.82) is 0 Å². The minimum Gasteiger partial charge on any atom is -0.437 e. The summed E-state index contributed by atoms with van der Waals surface area (Å²) in [5.41, 5.74) is 0. The van der Waals surface area contributed by atoms with E-state index < -0.39 is 85.1 Å². The van der Waals surface area contributed by atoms with Crippen molar-refractivity contribution in [3.8, 4) is 0 Å². The van der Waals surface area contributed by atoms with E-state index in [1.54, 1.807) is 0 Å². The standard InChI is InChI=1S/C36H86O11Si10/c1-48(2,3)39-50(7,8)41-51(9,10)42-52(11,12)43-53(13,14)44-54(15,16)45-55(17,18)46-57(20,28-26-32-22-24-34-36(30-32)38-34)47-56(19,40-49(4,5)6)27-25-31-21-23-33-35(29-31)37-33/h31-36H,21-30H2,1-20H3. The molecule has 0 bridgehead atoms. The van der Waals surface area contributed by atoms with E-state index in [4.69, 9.17) is 46.5 Å². The molecule has 2 heterocycles. The largest absolute Gasteiger partial charge is 0.437 e. The summed E-state index contributed by atoms with van der Waals surface area (Å²) in [4.78, 5) is 0. The van der Waals surface area contributed by atoms with Gasteiger partial charge in [-0.2, -0.15) is 0 Å². The topological polar surface area (TPSA) is 108 Å². The average molecular weight is 976 g/mol. The molecule has 0 aromatic rings. The molecular weight excluding hydrogens is 889 g/mol. The third-order valence-corrected chi connectivity index (χ3v) is 48.5. The molecule has 336 valence electrons. The molecule has 8 atom stereocenters. The van der Waals surface area contributed by atoms with E-state index in [0.717, 1.165) is 31.4 Å². The molecule has 2 aliphatic carbocycles. The van der Waals surface area contributed by atoms with E-state index in [0.29, 0.717) is 36.3 Å². The van der Waals surface area contributed by atoms with Crippen LogP contribution >= 0.6 is 0 Å². The highest BCUT2D eigenvalue weighted by Gasteiger charge is 2.53. The Morgan fingerprint density at radius 3 is 0.947 bits per heavy atom. The fourth-order valence-electron chi connectivity index (χ4n) is 10.1. The van der Waals surface area contributed by atoms with Gasteiger partial charge in [0.15, 0.2) is 16.6 Å². The first-order chi connectivity index (χ1) is 25.5. The minimum atomic E-state index is -2.81. The number of rotatable bonds is 24. The van der Waals surface area contributed by atoms with Crippen LogP contribution in [-0.2, 0) is 46.5 Å². The Morgan fingerprint density at radius 2 is 0.632 bits per heavy atom. The summed E-state index contributed by atoms with van der Waals surface area (Å²) in [5.74, 6) is 1.33. The van der Waals surface area contributed by atoms with Gasteiger partial charge in [-0.1, -0.05) is 0 Å². The van der Waals surface area contributed by atoms with Gasteiger partial charge in [0, 0.05) is 0 Å². The maximum Gasteiger partial charge on any atom is 0.317 e. The predicted molar refractivity (Wildman–Crippen MR) is 255 cm³/mol. The van der Waals surface area contributed by atoms with Crippen LogP contribution in [-0.4, -0.2) is 110 Å². The smallest absolute Gasteiger partial charge is 0.317 e. The summed E-state index contributed by atoms with van der Waals surface area (Å²) in [7, 11) is -25.0. The van der Waals surface area contributed by atoms with Crippen molar-refractivity contribution < 1.29 is 46.5 Å². The van der Waals surface area contributed by atoms with Gasteiger partial charge >= 0.3 is 68.5 Å². The molecule has 8 unspecified atom stereocenters. The van der Waals surface area contributed by atoms with Gasteiger partial charge in [-0.25, -0.2) is 0 Å². The summed E-state index contributed by atoms with van der Waals surface area (Å²) in [6, 6.07) is 1.92. The van der Waals surface area contributed by atoms with Crippen molar-refractivity contribution in [2.75, 3.05) is 0 Å². The van der Waals surface area contributed by atoms with Crippen LogP contribution < -0.4 is 0 Å². The molecule has 2 saturated heterocycles. The minimum absolute atomic E-state index is 0.462. The van der Waals surface area contributed by atoms with Crippen LogP contribution in [0.4, 0.5) is 0 Å². The van der Waals surface area contributed by atoms with Crippen LogP contribution in [0.1, 0.15) is 51.4 Å². The van der Waals surface area contributed by atoms with Crippen molar-refractivity contribution in [1.82, 2.24) is 0 Å². The Bertz CT molecular complexity index is 1340. The van der Waals surface area contributed by atoms with Gasteiger partial charge in [-0.15, -0.1) is 0 Å². The first kappa shape index (κ1) is 51.4. The molecule has 0 N–H and O–H groups in total. The maximum atomic E-state index is 7.58. The SMILES string of the molecule is C[Si](C)(C)O[Si](C)(C)O[Si](C)(C)O[Si](C)(C)O[Si](C)(C)O[Si](C)(C)O[Si](C)(C)O[Si](C)(CCC1CCC2OC2C1)O[Si](C)(CCC1CCC2OC2C1)O[Si](C)(C)C. The molecule has 21 heteroatoms. The molecule has 0 aromatic carbocycles. The lowest BCUT2D eigenvalue weighted by Gasteiger charge is -2.46. The van der Waals surface area contributed by atoms with Crippen LogP contribution in [0.5, 0.6) is 0 Å². The zero-order chi connectivity index (χ0) is 43.3. The summed E-state index contributed by atoms with van der Waals surface area (Å²) in [5, 5.41) is 0. The van der Waals surface area contributed by atoms with Crippen molar-refractivity contribution in [2.24, 2.45) is 11.8 Å². The highest BCUT2D eigenvalue weighted by Crippen LogP contribution is 2.44. The van der Waals surface area contributed by atoms with Crippen LogP contribution in [0.15, 0.2) is 0 Å². The molecule has 4 rings (SSSR count). The molecule has 2 saturated carbocycles. The lowest BCUT2D eigenvalue weighted by atomic mass is 9.88. The van der Waals surface area contributed by atoms with Crippen LogP contribution in [0.25, 0.3) is 0 Å². The fraction of sp³-hybridized carbons (Fsp3) is 1.00. The van der Waals surface area contributed by atoms with E-state index in [1.165, 1.54) is 32.1 Å². The van der Waals surface area contributed by atoms with Gasteiger partial charge in [-0.3, -0.25) is 0 Å². The van der Waals surface area contributed by atoms with Crippen LogP contribution in [0.3, 0.4) is 0 Å². The molecule has 11 nitrogen and oxygen atoms in total.